The third-order valence-electron chi connectivity index (χ3n) is 3.40. The van der Waals surface area contributed by atoms with E-state index in [0.29, 0.717) is 5.92 Å². The molecule has 0 aromatic heterocycles. The molecule has 4 unspecified atom stereocenters. The Morgan fingerprint density at radius 3 is 3.29 bits per heavy atom. The Balaban J connectivity index is 1.88. The fourth-order valence-corrected chi connectivity index (χ4v) is 4.44. The van der Waals surface area contributed by atoms with Gasteiger partial charge in [-0.3, -0.25) is 10.1 Å². The Bertz CT molecular complexity index is 319. The molecule has 3 heterocycles. The van der Waals surface area contributed by atoms with E-state index in [-0.39, 0.29) is 28.4 Å². The lowest BCUT2D eigenvalue weighted by Gasteiger charge is -2.26. The number of hydrogen-bond donors (Lipinski definition) is 0. The van der Waals surface area contributed by atoms with Crippen molar-refractivity contribution in [3.05, 3.63) is 22.3 Å². The van der Waals surface area contributed by atoms with Gasteiger partial charge in [0.2, 0.25) is 6.54 Å². The average Bonchev–Trinajstić information content (AvgIpc) is 2.75. The van der Waals surface area contributed by atoms with E-state index in [9.17, 15) is 10.1 Å². The van der Waals surface area contributed by atoms with Crippen molar-refractivity contribution in [1.29, 1.82) is 0 Å². The van der Waals surface area contributed by atoms with Crippen LogP contribution in [0.25, 0.3) is 0 Å². The molecule has 3 aliphatic heterocycles. The van der Waals surface area contributed by atoms with E-state index in [4.69, 9.17) is 4.74 Å². The van der Waals surface area contributed by atoms with Crippen LogP contribution in [0.15, 0.2) is 12.2 Å². The smallest absolute Gasteiger partial charge is 0.218 e. The lowest BCUT2D eigenvalue weighted by molar-refractivity contribution is -0.481. The van der Waals surface area contributed by atoms with Gasteiger partial charge < -0.3 is 4.74 Å². The first-order valence-corrected chi connectivity index (χ1v) is 5.86. The summed E-state index contributed by atoms with van der Waals surface area (Å²) in [6.07, 6.45) is 5.42. The van der Waals surface area contributed by atoms with Crippen LogP contribution in [-0.2, 0) is 4.74 Å². The van der Waals surface area contributed by atoms with Gasteiger partial charge in [0.15, 0.2) is 0 Å². The molecule has 14 heavy (non-hydrogen) atoms. The summed E-state index contributed by atoms with van der Waals surface area (Å²) in [4.78, 5) is 10.3. The Hall–Kier alpha value is -0.550. The number of hydrogen-bond acceptors (Lipinski definition) is 4. The van der Waals surface area contributed by atoms with Crippen LogP contribution in [0.1, 0.15) is 6.42 Å². The lowest BCUT2D eigenvalue weighted by Crippen LogP contribution is -2.41. The van der Waals surface area contributed by atoms with Gasteiger partial charge in [0.1, 0.15) is 10.9 Å². The summed E-state index contributed by atoms with van der Waals surface area (Å²) in [5.41, 5.74) is -0.289. The number of ether oxygens (including phenoxy) is 1. The van der Waals surface area contributed by atoms with Crippen molar-refractivity contribution in [2.45, 2.75) is 23.4 Å². The van der Waals surface area contributed by atoms with Gasteiger partial charge in [0.25, 0.3) is 0 Å². The van der Waals surface area contributed by atoms with Crippen LogP contribution in [0.5, 0.6) is 0 Å². The molecular formula is C9H11NO3S. The normalized spacial score (nSPS) is 48.4. The summed E-state index contributed by atoms with van der Waals surface area (Å²) >= 11 is 1.69. The zero-order valence-electron chi connectivity index (χ0n) is 7.59. The SMILES string of the molecule is O=[N+]([O-])CC1SCC2CC3C=CC21O3. The zero-order valence-corrected chi connectivity index (χ0v) is 8.40. The fourth-order valence-electron chi connectivity index (χ4n) is 2.76. The molecule has 0 aromatic carbocycles. The molecule has 2 fully saturated rings. The third-order valence-corrected chi connectivity index (χ3v) is 4.91. The van der Waals surface area contributed by atoms with E-state index in [1.54, 1.807) is 11.8 Å². The minimum atomic E-state index is -0.289. The van der Waals surface area contributed by atoms with Gasteiger partial charge in [-0.2, -0.15) is 0 Å². The minimum absolute atomic E-state index is 0.0197. The van der Waals surface area contributed by atoms with Crippen LogP contribution >= 0.6 is 11.8 Å². The molecule has 0 aliphatic carbocycles. The van der Waals surface area contributed by atoms with Crippen LogP contribution in [-0.4, -0.2) is 34.2 Å². The van der Waals surface area contributed by atoms with Crippen molar-refractivity contribution in [2.24, 2.45) is 5.92 Å². The van der Waals surface area contributed by atoms with Crippen LogP contribution in [0.3, 0.4) is 0 Å². The molecule has 3 aliphatic rings. The van der Waals surface area contributed by atoms with E-state index in [0.717, 1.165) is 12.2 Å². The van der Waals surface area contributed by atoms with Crippen LogP contribution in [0.4, 0.5) is 0 Å². The maximum absolute atomic E-state index is 10.5. The second-order valence-electron chi connectivity index (χ2n) is 4.14. The van der Waals surface area contributed by atoms with E-state index in [1.807, 2.05) is 0 Å². The van der Waals surface area contributed by atoms with Crippen LogP contribution in [0.2, 0.25) is 0 Å². The van der Waals surface area contributed by atoms with Crippen molar-refractivity contribution >= 4 is 11.8 Å². The second-order valence-corrected chi connectivity index (χ2v) is 5.37. The summed E-state index contributed by atoms with van der Waals surface area (Å²) in [7, 11) is 0. The van der Waals surface area contributed by atoms with Gasteiger partial charge in [-0.1, -0.05) is 12.2 Å². The van der Waals surface area contributed by atoms with Crippen molar-refractivity contribution in [1.82, 2.24) is 0 Å². The van der Waals surface area contributed by atoms with Gasteiger partial charge in [-0.15, -0.1) is 11.8 Å². The molecule has 4 atom stereocenters. The van der Waals surface area contributed by atoms with Gasteiger partial charge >= 0.3 is 0 Å². The highest BCUT2D eigenvalue weighted by Gasteiger charge is 2.60. The number of nitrogens with zero attached hydrogens (tertiary/aromatic N) is 1. The number of rotatable bonds is 2. The molecule has 0 aromatic rings. The van der Waals surface area contributed by atoms with Gasteiger partial charge in [-0.05, 0) is 12.2 Å². The fraction of sp³-hybridized carbons (Fsp3) is 0.778. The molecule has 0 saturated carbocycles. The number of fused-ring (bicyclic) bond motifs is 1. The summed E-state index contributed by atoms with van der Waals surface area (Å²) in [5.74, 6) is 1.52. The average molecular weight is 213 g/mol. The Morgan fingerprint density at radius 2 is 2.57 bits per heavy atom. The van der Waals surface area contributed by atoms with Crippen molar-refractivity contribution in [2.75, 3.05) is 12.3 Å². The Labute approximate surface area is 85.8 Å². The Kier molecular flexibility index (Phi) is 1.70. The van der Waals surface area contributed by atoms with E-state index < -0.39 is 0 Å². The van der Waals surface area contributed by atoms with Crippen LogP contribution in [0, 0.1) is 16.0 Å². The highest BCUT2D eigenvalue weighted by molar-refractivity contribution is 8.00. The number of nitro groups is 1. The molecule has 0 amide bonds. The molecule has 2 saturated heterocycles. The third kappa shape index (κ3) is 0.995. The number of thioether (sulfide) groups is 1. The molecular weight excluding hydrogens is 202 g/mol. The quantitative estimate of drug-likeness (QED) is 0.391. The zero-order chi connectivity index (χ0) is 9.76. The molecule has 0 N–H and O–H groups in total. The first-order valence-electron chi connectivity index (χ1n) is 4.81. The predicted octanol–water partition coefficient (Wildman–Crippen LogP) is 1.09. The van der Waals surface area contributed by atoms with Crippen molar-refractivity contribution in [3.8, 4) is 0 Å². The molecule has 4 nitrogen and oxygen atoms in total. The molecule has 1 spiro atoms. The monoisotopic (exact) mass is 213 g/mol. The topological polar surface area (TPSA) is 52.4 Å². The lowest BCUT2D eigenvalue weighted by atomic mass is 9.82. The molecule has 76 valence electrons. The predicted molar refractivity (Wildman–Crippen MR) is 53.0 cm³/mol. The maximum atomic E-state index is 10.5. The van der Waals surface area contributed by atoms with E-state index in [2.05, 4.69) is 12.2 Å². The van der Waals surface area contributed by atoms with Crippen LogP contribution < -0.4 is 0 Å². The standard InChI is InChI=1S/C9H11NO3S/c11-10(12)4-8-9-2-1-7(13-9)3-6(9)5-14-8/h1-2,6-8H,3-5H2. The Morgan fingerprint density at radius 1 is 1.71 bits per heavy atom. The first kappa shape index (κ1) is 8.73. The molecule has 5 heteroatoms. The van der Waals surface area contributed by atoms with Gasteiger partial charge in [0.05, 0.1) is 6.10 Å². The van der Waals surface area contributed by atoms with Crippen molar-refractivity contribution < 1.29 is 9.66 Å². The summed E-state index contributed by atoms with van der Waals surface area (Å²) in [5, 5.41) is 10.5. The molecule has 0 radical (unpaired) electrons. The highest BCUT2D eigenvalue weighted by atomic mass is 32.2. The minimum Gasteiger partial charge on any atom is -0.362 e. The van der Waals surface area contributed by atoms with E-state index >= 15 is 0 Å². The molecule has 3 rings (SSSR count). The van der Waals surface area contributed by atoms with Crippen molar-refractivity contribution in [3.63, 3.8) is 0 Å². The molecule has 2 bridgehead atoms. The van der Waals surface area contributed by atoms with Gasteiger partial charge in [0, 0.05) is 10.8 Å². The summed E-state index contributed by atoms with van der Waals surface area (Å²) in [6.45, 7) is 0.0260. The van der Waals surface area contributed by atoms with E-state index in [1.165, 1.54) is 0 Å². The first-order chi connectivity index (χ1) is 6.71. The highest BCUT2D eigenvalue weighted by Crippen LogP contribution is 2.54. The second kappa shape index (κ2) is 2.73. The maximum Gasteiger partial charge on any atom is 0.218 e. The van der Waals surface area contributed by atoms with Gasteiger partial charge in [-0.25, -0.2) is 0 Å². The summed E-state index contributed by atoms with van der Waals surface area (Å²) < 4.78 is 5.86. The largest absolute Gasteiger partial charge is 0.362 e. The summed E-state index contributed by atoms with van der Waals surface area (Å²) in [6, 6.07) is 0.